The zero-order valence-electron chi connectivity index (χ0n) is 19.1. The molecule has 7 nitrogen and oxygen atoms in total. The molecule has 3 aromatic rings. The predicted molar refractivity (Wildman–Crippen MR) is 129 cm³/mol. The molecule has 0 radical (unpaired) electrons. The highest BCUT2D eigenvalue weighted by Gasteiger charge is 2.37. The van der Waals surface area contributed by atoms with E-state index in [-0.39, 0.29) is 40.0 Å². The van der Waals surface area contributed by atoms with Gasteiger partial charge >= 0.3 is 0 Å². The summed E-state index contributed by atoms with van der Waals surface area (Å²) in [5.74, 6) is -0.975. The lowest BCUT2D eigenvalue weighted by atomic mass is 10.1. The number of hydrogen-bond donors (Lipinski definition) is 0. The Bertz CT molecular complexity index is 1250. The number of hydrogen-bond acceptors (Lipinski definition) is 6. The van der Waals surface area contributed by atoms with Crippen LogP contribution in [0.4, 0.5) is 5.82 Å². The third kappa shape index (κ3) is 5.04. The fourth-order valence-electron chi connectivity index (χ4n) is 3.50. The minimum Gasteiger partial charge on any atom is -0.274 e. The number of nitrogens with zero attached hydrogens (tertiary/aromatic N) is 3. The van der Waals surface area contributed by atoms with E-state index in [1.807, 2.05) is 31.2 Å². The van der Waals surface area contributed by atoms with Gasteiger partial charge in [-0.3, -0.25) is 9.59 Å². The molecule has 9 heteroatoms. The van der Waals surface area contributed by atoms with Crippen molar-refractivity contribution in [3.05, 3.63) is 65.7 Å². The first-order valence-corrected chi connectivity index (χ1v) is 13.3. The van der Waals surface area contributed by atoms with E-state index in [1.165, 1.54) is 16.8 Å². The molecule has 2 aromatic carbocycles. The van der Waals surface area contributed by atoms with Crippen LogP contribution in [-0.4, -0.2) is 36.3 Å². The summed E-state index contributed by atoms with van der Waals surface area (Å²) in [5.41, 5.74) is 1.91. The summed E-state index contributed by atoms with van der Waals surface area (Å²) in [6, 6.07) is 15.7. The molecule has 0 aliphatic heterocycles. The van der Waals surface area contributed by atoms with Crippen molar-refractivity contribution in [1.82, 2.24) is 9.78 Å². The molecule has 1 aromatic heterocycles. The molecule has 0 atom stereocenters. The highest BCUT2D eigenvalue weighted by molar-refractivity contribution is 7.99. The van der Waals surface area contributed by atoms with Gasteiger partial charge in [-0.1, -0.05) is 61.9 Å². The highest BCUT2D eigenvalue weighted by Crippen LogP contribution is 2.38. The van der Waals surface area contributed by atoms with Gasteiger partial charge in [-0.15, -0.1) is 11.8 Å². The van der Waals surface area contributed by atoms with E-state index in [4.69, 9.17) is 0 Å². The van der Waals surface area contributed by atoms with Crippen LogP contribution in [0.3, 0.4) is 0 Å². The number of benzene rings is 2. The topological polar surface area (TPSA) is 89.3 Å². The first kappa shape index (κ1) is 24.7. The Morgan fingerprint density at radius 2 is 1.64 bits per heavy atom. The molecule has 174 valence electrons. The van der Waals surface area contributed by atoms with Crippen molar-refractivity contribution >= 4 is 39.2 Å². The lowest BCUT2D eigenvalue weighted by Crippen LogP contribution is -2.38. The Morgan fingerprint density at radius 3 is 2.18 bits per heavy atom. The van der Waals surface area contributed by atoms with Crippen LogP contribution < -0.4 is 4.90 Å². The fourth-order valence-corrected chi connectivity index (χ4v) is 6.00. The number of aromatic nitrogens is 2. The summed E-state index contributed by atoms with van der Waals surface area (Å²) in [6.07, 6.45) is 1.81. The van der Waals surface area contributed by atoms with Gasteiger partial charge in [0.25, 0.3) is 0 Å². The van der Waals surface area contributed by atoms with E-state index in [9.17, 15) is 18.0 Å². The standard InChI is InChI=1S/C24H27N3O4S2/c1-5-20(28)27(21(29)6-2)24-22(33(30,31)19-13-8-7-9-14-19)23(32-4)25-26(24)16-18-12-10-11-17(3)15-18/h7-15H,5-6,16H2,1-4H3. The van der Waals surface area contributed by atoms with Crippen molar-refractivity contribution in [3.8, 4) is 0 Å². The number of carbonyl (C=O) groups is 2. The molecule has 0 fully saturated rings. The predicted octanol–water partition coefficient (Wildman–Crippen LogP) is 4.47. The van der Waals surface area contributed by atoms with Crippen molar-refractivity contribution in [2.24, 2.45) is 0 Å². The normalized spacial score (nSPS) is 11.4. The van der Waals surface area contributed by atoms with Crippen LogP contribution in [0, 0.1) is 6.92 Å². The van der Waals surface area contributed by atoms with Gasteiger partial charge in [0.15, 0.2) is 5.82 Å². The molecule has 2 amide bonds. The van der Waals surface area contributed by atoms with Gasteiger partial charge < -0.3 is 0 Å². The first-order chi connectivity index (χ1) is 15.7. The highest BCUT2D eigenvalue weighted by atomic mass is 32.2. The Hall–Kier alpha value is -2.91. The van der Waals surface area contributed by atoms with E-state index in [0.29, 0.717) is 0 Å². The van der Waals surface area contributed by atoms with Crippen LogP contribution in [0.1, 0.15) is 37.8 Å². The maximum atomic E-state index is 13.8. The number of rotatable bonds is 8. The monoisotopic (exact) mass is 485 g/mol. The summed E-state index contributed by atoms with van der Waals surface area (Å²) in [4.78, 5) is 26.8. The Balaban J connectivity index is 2.35. The molecule has 0 unspecified atom stereocenters. The second-order valence-electron chi connectivity index (χ2n) is 7.46. The lowest BCUT2D eigenvalue weighted by molar-refractivity contribution is -0.126. The van der Waals surface area contributed by atoms with Gasteiger partial charge in [-0.25, -0.2) is 18.0 Å². The minimum absolute atomic E-state index is 0.0107. The summed E-state index contributed by atoms with van der Waals surface area (Å²) in [6.45, 7) is 5.44. The van der Waals surface area contributed by atoms with Gasteiger partial charge in [-0.05, 0) is 30.9 Å². The Labute approximate surface area is 198 Å². The second kappa shape index (κ2) is 10.4. The fraction of sp³-hybridized carbons (Fsp3) is 0.292. The molecule has 0 N–H and O–H groups in total. The molecule has 33 heavy (non-hydrogen) atoms. The molecular formula is C24H27N3O4S2. The van der Waals surface area contributed by atoms with Gasteiger partial charge in [-0.2, -0.15) is 5.10 Å². The van der Waals surface area contributed by atoms with Gasteiger partial charge in [0.05, 0.1) is 11.4 Å². The van der Waals surface area contributed by atoms with Crippen LogP contribution in [0.2, 0.25) is 0 Å². The minimum atomic E-state index is -4.07. The zero-order valence-corrected chi connectivity index (χ0v) is 20.7. The number of carbonyl (C=O) groups excluding carboxylic acids is 2. The summed E-state index contributed by atoms with van der Waals surface area (Å²) in [5, 5.41) is 4.79. The molecule has 0 saturated carbocycles. The van der Waals surface area contributed by atoms with E-state index < -0.39 is 21.7 Å². The van der Waals surface area contributed by atoms with Crippen molar-refractivity contribution in [2.75, 3.05) is 11.2 Å². The van der Waals surface area contributed by atoms with Crippen molar-refractivity contribution in [2.45, 2.75) is 55.0 Å². The molecular weight excluding hydrogens is 458 g/mol. The number of sulfone groups is 1. The first-order valence-electron chi connectivity index (χ1n) is 10.6. The summed E-state index contributed by atoms with van der Waals surface area (Å²) >= 11 is 1.16. The van der Waals surface area contributed by atoms with Gasteiger partial charge in [0.2, 0.25) is 21.7 Å². The van der Waals surface area contributed by atoms with Crippen molar-refractivity contribution in [1.29, 1.82) is 0 Å². The van der Waals surface area contributed by atoms with Crippen LogP contribution >= 0.6 is 11.8 Å². The number of aryl methyl sites for hydroxylation is 1. The van der Waals surface area contributed by atoms with Crippen LogP contribution in [0.5, 0.6) is 0 Å². The summed E-state index contributed by atoms with van der Waals surface area (Å²) in [7, 11) is -4.07. The van der Waals surface area contributed by atoms with Crippen LogP contribution in [0.15, 0.2) is 69.4 Å². The Morgan fingerprint density at radius 1 is 1.00 bits per heavy atom. The molecule has 0 aliphatic rings. The van der Waals surface area contributed by atoms with Crippen LogP contribution in [-0.2, 0) is 26.0 Å². The van der Waals surface area contributed by atoms with E-state index >= 15 is 0 Å². The van der Waals surface area contributed by atoms with Crippen LogP contribution in [0.25, 0.3) is 0 Å². The smallest absolute Gasteiger partial charge is 0.234 e. The maximum absolute atomic E-state index is 13.8. The summed E-state index contributed by atoms with van der Waals surface area (Å²) < 4.78 is 29.0. The van der Waals surface area contributed by atoms with E-state index in [2.05, 4.69) is 5.10 Å². The molecule has 0 saturated heterocycles. The van der Waals surface area contributed by atoms with E-state index in [1.54, 1.807) is 38.3 Å². The third-order valence-corrected chi connectivity index (χ3v) is 7.71. The zero-order chi connectivity index (χ0) is 24.2. The molecule has 0 aliphatic carbocycles. The van der Waals surface area contributed by atoms with E-state index in [0.717, 1.165) is 27.8 Å². The van der Waals surface area contributed by atoms with Crippen molar-refractivity contribution < 1.29 is 18.0 Å². The van der Waals surface area contributed by atoms with Gasteiger partial charge in [0, 0.05) is 12.8 Å². The van der Waals surface area contributed by atoms with Gasteiger partial charge in [0.1, 0.15) is 9.92 Å². The largest absolute Gasteiger partial charge is 0.274 e. The van der Waals surface area contributed by atoms with Crippen molar-refractivity contribution in [3.63, 3.8) is 0 Å². The molecule has 1 heterocycles. The second-order valence-corrected chi connectivity index (χ2v) is 10.1. The molecule has 0 bridgehead atoms. The maximum Gasteiger partial charge on any atom is 0.234 e. The number of anilines is 1. The molecule has 0 spiro atoms. The number of imide groups is 1. The SMILES string of the molecule is CCC(=O)N(C(=O)CC)c1c(S(=O)(=O)c2ccccc2)c(SC)nn1Cc1cccc(C)c1. The average Bonchev–Trinajstić information content (AvgIpc) is 3.18. The lowest BCUT2D eigenvalue weighted by Gasteiger charge is -2.22. The molecule has 3 rings (SSSR count). The Kier molecular flexibility index (Phi) is 7.76. The number of amides is 2. The quantitative estimate of drug-likeness (QED) is 0.437. The third-order valence-electron chi connectivity index (χ3n) is 5.10. The average molecular weight is 486 g/mol. The number of thioether (sulfide) groups is 1.